The first-order valence-electron chi connectivity index (χ1n) is 12.6. The van der Waals surface area contributed by atoms with Gasteiger partial charge in [-0.2, -0.15) is 5.10 Å². The standard InChI is InChI=1S/C28H29N5O4/c1-30-13-6-16-37-20-8-5-7-19(17-20)25-28(12-15-32(25)26(35)22-11-14-31(2)29-22)21-9-3-4-10-23(21)33(27(28)36)18-24(30)34/h3-5,7-11,14,17,25H,6,12-13,15-16,18H2,1-2H3/t25-,28+/m0/s1. The Hall–Kier alpha value is -4.14. The van der Waals surface area contributed by atoms with Crippen molar-refractivity contribution in [2.75, 3.05) is 38.2 Å². The number of likely N-dealkylation sites (N-methyl/N-ethyl adjacent to an activating group) is 1. The number of carbonyl (C=O) groups is 3. The molecular formula is C28H29N5O4. The number of benzene rings is 2. The Bertz CT molecular complexity index is 1400. The van der Waals surface area contributed by atoms with Gasteiger partial charge in [-0.25, -0.2) is 0 Å². The first kappa shape index (κ1) is 23.3. The highest BCUT2D eigenvalue weighted by Gasteiger charge is 2.62. The summed E-state index contributed by atoms with van der Waals surface area (Å²) in [7, 11) is 3.52. The molecule has 9 nitrogen and oxygen atoms in total. The number of fused-ring (bicyclic) bond motifs is 6. The monoisotopic (exact) mass is 499 g/mol. The van der Waals surface area contributed by atoms with Crippen LogP contribution in [0.2, 0.25) is 0 Å². The number of rotatable bonds is 1. The maximum Gasteiger partial charge on any atom is 0.274 e. The second-order valence-corrected chi connectivity index (χ2v) is 10.00. The molecule has 2 aromatic carbocycles. The number of carbonyl (C=O) groups excluding carboxylic acids is 3. The summed E-state index contributed by atoms with van der Waals surface area (Å²) in [4.78, 5) is 46.4. The number of aromatic nitrogens is 2. The number of nitrogens with zero attached hydrogens (tertiary/aromatic N) is 5. The molecule has 1 aromatic heterocycles. The van der Waals surface area contributed by atoms with Crippen LogP contribution < -0.4 is 9.64 Å². The number of amides is 3. The predicted octanol–water partition coefficient (Wildman–Crippen LogP) is 2.53. The normalized spacial score (nSPS) is 23.4. The van der Waals surface area contributed by atoms with Gasteiger partial charge in [0.15, 0.2) is 0 Å². The third kappa shape index (κ3) is 3.60. The Morgan fingerprint density at radius 3 is 2.70 bits per heavy atom. The van der Waals surface area contributed by atoms with Gasteiger partial charge in [0.1, 0.15) is 23.4 Å². The van der Waals surface area contributed by atoms with Crippen LogP contribution >= 0.6 is 0 Å². The van der Waals surface area contributed by atoms with Crippen LogP contribution in [-0.4, -0.2) is 70.6 Å². The summed E-state index contributed by atoms with van der Waals surface area (Å²) in [5, 5.41) is 4.35. The molecule has 190 valence electrons. The average Bonchev–Trinajstić information content (AvgIpc) is 3.58. The summed E-state index contributed by atoms with van der Waals surface area (Å²) in [6.45, 7) is 1.32. The maximum absolute atomic E-state index is 14.5. The molecule has 2 atom stereocenters. The van der Waals surface area contributed by atoms with Gasteiger partial charge < -0.3 is 19.4 Å². The van der Waals surface area contributed by atoms with E-state index in [4.69, 9.17) is 4.74 Å². The van der Waals surface area contributed by atoms with E-state index < -0.39 is 11.5 Å². The number of hydrogen-bond acceptors (Lipinski definition) is 5. The van der Waals surface area contributed by atoms with E-state index in [-0.39, 0.29) is 24.3 Å². The summed E-state index contributed by atoms with van der Waals surface area (Å²) in [5.41, 5.74) is 1.71. The highest BCUT2D eigenvalue weighted by atomic mass is 16.5. The summed E-state index contributed by atoms with van der Waals surface area (Å²) >= 11 is 0. The van der Waals surface area contributed by atoms with Crippen molar-refractivity contribution >= 4 is 23.4 Å². The highest BCUT2D eigenvalue weighted by Crippen LogP contribution is 2.57. The fourth-order valence-corrected chi connectivity index (χ4v) is 6.05. The van der Waals surface area contributed by atoms with E-state index in [0.29, 0.717) is 44.0 Å². The van der Waals surface area contributed by atoms with Crippen molar-refractivity contribution < 1.29 is 19.1 Å². The second kappa shape index (κ2) is 8.76. The molecule has 3 aromatic rings. The van der Waals surface area contributed by atoms with Gasteiger partial charge in [0.25, 0.3) is 5.91 Å². The third-order valence-corrected chi connectivity index (χ3v) is 7.82. The van der Waals surface area contributed by atoms with Crippen LogP contribution in [0.4, 0.5) is 5.69 Å². The van der Waals surface area contributed by atoms with E-state index in [1.165, 1.54) is 0 Å². The Morgan fingerprint density at radius 2 is 1.89 bits per heavy atom. The molecule has 3 amide bonds. The Morgan fingerprint density at radius 1 is 1.05 bits per heavy atom. The molecule has 9 heteroatoms. The van der Waals surface area contributed by atoms with Gasteiger partial charge in [-0.15, -0.1) is 0 Å². The van der Waals surface area contributed by atoms with Crippen LogP contribution in [0.1, 0.15) is 40.5 Å². The fraction of sp³-hybridized carbons (Fsp3) is 0.357. The Kier molecular flexibility index (Phi) is 5.51. The van der Waals surface area contributed by atoms with Crippen LogP contribution in [0.15, 0.2) is 60.8 Å². The average molecular weight is 500 g/mol. The first-order chi connectivity index (χ1) is 17.9. The van der Waals surface area contributed by atoms with Gasteiger partial charge in [0.2, 0.25) is 11.8 Å². The molecule has 3 aliphatic heterocycles. The molecule has 0 radical (unpaired) electrons. The zero-order valence-electron chi connectivity index (χ0n) is 21.0. The lowest BCUT2D eigenvalue weighted by molar-refractivity contribution is -0.131. The number of anilines is 1. The fourth-order valence-electron chi connectivity index (χ4n) is 6.05. The number of hydrogen-bond donors (Lipinski definition) is 0. The Labute approximate surface area is 215 Å². The van der Waals surface area contributed by atoms with Crippen molar-refractivity contribution in [3.8, 4) is 5.75 Å². The number of ether oxygens (including phenoxy) is 1. The van der Waals surface area contributed by atoms with Crippen molar-refractivity contribution in [2.45, 2.75) is 24.3 Å². The predicted molar refractivity (Wildman–Crippen MR) is 136 cm³/mol. The molecule has 0 unspecified atom stereocenters. The maximum atomic E-state index is 14.5. The van der Waals surface area contributed by atoms with Gasteiger partial charge in [0, 0.05) is 39.1 Å². The molecule has 0 aliphatic carbocycles. The molecule has 3 aliphatic rings. The van der Waals surface area contributed by atoms with Gasteiger partial charge >= 0.3 is 0 Å². The van der Waals surface area contributed by atoms with Crippen molar-refractivity contribution in [1.82, 2.24) is 19.6 Å². The molecule has 1 fully saturated rings. The van der Waals surface area contributed by atoms with Crippen molar-refractivity contribution in [2.24, 2.45) is 7.05 Å². The summed E-state index contributed by atoms with van der Waals surface area (Å²) in [6.07, 6.45) is 2.84. The summed E-state index contributed by atoms with van der Waals surface area (Å²) in [6, 6.07) is 16.4. The van der Waals surface area contributed by atoms with Crippen molar-refractivity contribution in [3.05, 3.63) is 77.6 Å². The van der Waals surface area contributed by atoms with Crippen LogP contribution in [0, 0.1) is 0 Å². The van der Waals surface area contributed by atoms with Crippen LogP contribution in [-0.2, 0) is 22.1 Å². The summed E-state index contributed by atoms with van der Waals surface area (Å²) < 4.78 is 7.63. The molecule has 0 N–H and O–H groups in total. The van der Waals surface area contributed by atoms with Crippen LogP contribution in [0.3, 0.4) is 0 Å². The number of aryl methyl sites for hydroxylation is 1. The highest BCUT2D eigenvalue weighted by molar-refractivity contribution is 6.12. The topological polar surface area (TPSA) is 88.0 Å². The van der Waals surface area contributed by atoms with Crippen LogP contribution in [0.25, 0.3) is 0 Å². The van der Waals surface area contributed by atoms with E-state index in [1.807, 2.05) is 48.5 Å². The quantitative estimate of drug-likeness (QED) is 0.514. The minimum Gasteiger partial charge on any atom is -0.494 e. The van der Waals surface area contributed by atoms with Crippen molar-refractivity contribution in [3.63, 3.8) is 0 Å². The zero-order chi connectivity index (χ0) is 25.7. The number of para-hydroxylation sites is 1. The van der Waals surface area contributed by atoms with Gasteiger partial charge in [-0.05, 0) is 48.2 Å². The van der Waals surface area contributed by atoms with Crippen LogP contribution in [0.5, 0.6) is 5.75 Å². The Balaban J connectivity index is 1.55. The third-order valence-electron chi connectivity index (χ3n) is 7.82. The molecule has 0 saturated carbocycles. The molecule has 4 bridgehead atoms. The lowest BCUT2D eigenvalue weighted by Crippen LogP contribution is -2.48. The van der Waals surface area contributed by atoms with E-state index >= 15 is 0 Å². The largest absolute Gasteiger partial charge is 0.494 e. The lowest BCUT2D eigenvalue weighted by atomic mass is 9.72. The first-order valence-corrected chi connectivity index (χ1v) is 12.6. The molecule has 1 saturated heterocycles. The van der Waals surface area contributed by atoms with Gasteiger partial charge in [-0.3, -0.25) is 19.1 Å². The van der Waals surface area contributed by atoms with Gasteiger partial charge in [-0.1, -0.05) is 30.3 Å². The SMILES string of the molecule is CN1CCCOc2cccc(c2)[C@@H]2N(C(=O)c3ccn(C)n3)CC[C@]23C(=O)N(CC1=O)c1ccccc13. The lowest BCUT2D eigenvalue weighted by Gasteiger charge is -2.35. The minimum atomic E-state index is -1.03. The molecule has 6 rings (SSSR count). The van der Waals surface area contributed by atoms with E-state index in [0.717, 1.165) is 16.8 Å². The van der Waals surface area contributed by atoms with E-state index in [9.17, 15) is 14.4 Å². The van der Waals surface area contributed by atoms with E-state index in [1.54, 1.807) is 45.7 Å². The molecule has 37 heavy (non-hydrogen) atoms. The van der Waals surface area contributed by atoms with Gasteiger partial charge in [0.05, 0.1) is 12.6 Å². The minimum absolute atomic E-state index is 0.0457. The van der Waals surface area contributed by atoms with Crippen molar-refractivity contribution in [1.29, 1.82) is 0 Å². The molecule has 1 spiro atoms. The smallest absolute Gasteiger partial charge is 0.274 e. The summed E-state index contributed by atoms with van der Waals surface area (Å²) in [5.74, 6) is 0.160. The van der Waals surface area contributed by atoms with E-state index in [2.05, 4.69) is 5.10 Å². The molecular weight excluding hydrogens is 470 g/mol. The molecule has 4 heterocycles. The second-order valence-electron chi connectivity index (χ2n) is 10.00. The zero-order valence-corrected chi connectivity index (χ0v) is 21.0. The number of likely N-dealkylation sites (tertiary alicyclic amines) is 1.